The molecule has 6 heteroatoms. The summed E-state index contributed by atoms with van der Waals surface area (Å²) in [6.45, 7) is 3.21. The van der Waals surface area contributed by atoms with Crippen LogP contribution in [0.5, 0.6) is 0 Å². The smallest absolute Gasteiger partial charge is 0.274 e. The van der Waals surface area contributed by atoms with Crippen molar-refractivity contribution in [2.45, 2.75) is 24.8 Å². The number of aromatic nitrogens is 2. The van der Waals surface area contributed by atoms with Crippen LogP contribution in [0.4, 0.5) is 5.82 Å². The summed E-state index contributed by atoms with van der Waals surface area (Å²) in [6, 6.07) is 13.8. The maximum absolute atomic E-state index is 12.8. The second kappa shape index (κ2) is 6.80. The Kier molecular flexibility index (Phi) is 4.36. The number of nitrogens with two attached hydrogens (primary N) is 1. The highest BCUT2D eigenvalue weighted by atomic mass is 16.2. The van der Waals surface area contributed by atoms with Crippen LogP contribution >= 0.6 is 0 Å². The Balaban J connectivity index is 1.46. The fourth-order valence-corrected chi connectivity index (χ4v) is 3.76. The van der Waals surface area contributed by atoms with Crippen LogP contribution in [-0.2, 0) is 0 Å². The van der Waals surface area contributed by atoms with Crippen molar-refractivity contribution in [3.05, 3.63) is 53.7 Å². The van der Waals surface area contributed by atoms with Gasteiger partial charge in [-0.3, -0.25) is 4.79 Å². The molecule has 3 heterocycles. The average Bonchev–Trinajstić information content (AvgIpc) is 3.32. The van der Waals surface area contributed by atoms with Crippen molar-refractivity contribution in [2.75, 3.05) is 31.1 Å². The molecule has 25 heavy (non-hydrogen) atoms. The molecule has 2 N–H and O–H groups in total. The van der Waals surface area contributed by atoms with E-state index in [9.17, 15) is 4.79 Å². The molecule has 4 rings (SSSR count). The molecular formula is C19H23N5O. The van der Waals surface area contributed by atoms with Gasteiger partial charge in [0.15, 0.2) is 11.5 Å². The lowest BCUT2D eigenvalue weighted by Gasteiger charge is -2.17. The largest absolute Gasteiger partial charge is 0.355 e. The van der Waals surface area contributed by atoms with Crippen molar-refractivity contribution in [1.29, 1.82) is 0 Å². The molecule has 130 valence electrons. The topological polar surface area (TPSA) is 75.3 Å². The van der Waals surface area contributed by atoms with E-state index in [0.29, 0.717) is 18.8 Å². The predicted octanol–water partition coefficient (Wildman–Crippen LogP) is 1.64. The average molecular weight is 337 g/mol. The zero-order valence-corrected chi connectivity index (χ0v) is 14.2. The van der Waals surface area contributed by atoms with E-state index in [-0.39, 0.29) is 17.9 Å². The lowest BCUT2D eigenvalue weighted by atomic mass is 9.95. The second-order valence-electron chi connectivity index (χ2n) is 6.86. The molecular weight excluding hydrogens is 314 g/mol. The van der Waals surface area contributed by atoms with E-state index in [0.717, 1.165) is 18.9 Å². The summed E-state index contributed by atoms with van der Waals surface area (Å²) >= 11 is 0. The van der Waals surface area contributed by atoms with Gasteiger partial charge in [-0.1, -0.05) is 30.3 Å². The van der Waals surface area contributed by atoms with Gasteiger partial charge in [-0.2, -0.15) is 0 Å². The Morgan fingerprint density at radius 2 is 1.76 bits per heavy atom. The molecule has 0 aliphatic carbocycles. The Hall–Kier alpha value is -2.47. The molecule has 2 aromatic rings. The summed E-state index contributed by atoms with van der Waals surface area (Å²) in [4.78, 5) is 16.8. The quantitative estimate of drug-likeness (QED) is 0.921. The van der Waals surface area contributed by atoms with Gasteiger partial charge in [-0.25, -0.2) is 0 Å². The van der Waals surface area contributed by atoms with Crippen LogP contribution in [0, 0.1) is 0 Å². The van der Waals surface area contributed by atoms with E-state index in [1.54, 1.807) is 11.0 Å². The van der Waals surface area contributed by atoms with Gasteiger partial charge in [-0.15, -0.1) is 10.2 Å². The van der Waals surface area contributed by atoms with Gasteiger partial charge in [0.25, 0.3) is 5.91 Å². The molecule has 0 radical (unpaired) electrons. The summed E-state index contributed by atoms with van der Waals surface area (Å²) in [5.74, 6) is 0.936. The number of hydrogen-bond acceptors (Lipinski definition) is 5. The van der Waals surface area contributed by atoms with Crippen molar-refractivity contribution in [3.8, 4) is 0 Å². The first-order valence-corrected chi connectivity index (χ1v) is 8.91. The number of nitrogens with zero attached hydrogens (tertiary/aromatic N) is 4. The summed E-state index contributed by atoms with van der Waals surface area (Å²) in [6.07, 6.45) is 2.38. The van der Waals surface area contributed by atoms with Gasteiger partial charge in [0.2, 0.25) is 0 Å². The molecule has 1 amide bonds. The highest BCUT2D eigenvalue weighted by Crippen LogP contribution is 2.27. The normalized spacial score (nSPS) is 23.2. The molecule has 0 unspecified atom stereocenters. The fraction of sp³-hybridized carbons (Fsp3) is 0.421. The van der Waals surface area contributed by atoms with E-state index in [4.69, 9.17) is 5.73 Å². The van der Waals surface area contributed by atoms with Crippen molar-refractivity contribution >= 4 is 11.7 Å². The van der Waals surface area contributed by atoms with Crippen LogP contribution in [0.1, 0.15) is 34.8 Å². The third kappa shape index (κ3) is 3.22. The number of carbonyl (C=O) groups excluding carboxylic acids is 1. The van der Waals surface area contributed by atoms with Gasteiger partial charge < -0.3 is 15.5 Å². The number of rotatable bonds is 3. The maximum atomic E-state index is 12.8. The SMILES string of the molecule is N[C@@H]1CN(C(=O)c2ccc(N3CCCC3)nn2)C[C@H]1c1ccccc1. The Labute approximate surface area is 147 Å². The monoisotopic (exact) mass is 337 g/mol. The molecule has 6 nitrogen and oxygen atoms in total. The van der Waals surface area contributed by atoms with Crippen LogP contribution in [0.3, 0.4) is 0 Å². The lowest BCUT2D eigenvalue weighted by molar-refractivity contribution is 0.0782. The lowest BCUT2D eigenvalue weighted by Crippen LogP contribution is -2.32. The molecule has 2 fully saturated rings. The first kappa shape index (κ1) is 16.0. The number of benzene rings is 1. The van der Waals surface area contributed by atoms with Gasteiger partial charge in [0.05, 0.1) is 0 Å². The molecule has 1 aromatic heterocycles. The Morgan fingerprint density at radius 3 is 2.44 bits per heavy atom. The van der Waals surface area contributed by atoms with Crippen molar-refractivity contribution in [1.82, 2.24) is 15.1 Å². The summed E-state index contributed by atoms with van der Waals surface area (Å²) < 4.78 is 0. The molecule has 2 atom stereocenters. The zero-order valence-electron chi connectivity index (χ0n) is 14.2. The molecule has 0 bridgehead atoms. The zero-order chi connectivity index (χ0) is 17.2. The number of hydrogen-bond donors (Lipinski definition) is 1. The number of carbonyl (C=O) groups is 1. The standard InChI is InChI=1S/C19H23N5O/c20-16-13-24(12-15(16)14-6-2-1-3-7-14)19(25)17-8-9-18(22-21-17)23-10-4-5-11-23/h1-3,6-9,15-16H,4-5,10-13,20H2/t15-,16+/m0/s1. The Morgan fingerprint density at radius 1 is 1.00 bits per heavy atom. The number of amides is 1. The summed E-state index contributed by atoms with van der Waals surface area (Å²) in [5, 5.41) is 8.41. The Bertz CT molecular complexity index is 727. The van der Waals surface area contributed by atoms with Gasteiger partial charge in [0, 0.05) is 38.1 Å². The molecule has 2 aliphatic heterocycles. The van der Waals surface area contributed by atoms with E-state index >= 15 is 0 Å². The molecule has 1 aromatic carbocycles. The van der Waals surface area contributed by atoms with Crippen LogP contribution in [0.25, 0.3) is 0 Å². The van der Waals surface area contributed by atoms with Gasteiger partial charge in [-0.05, 0) is 30.5 Å². The van der Waals surface area contributed by atoms with Crippen LogP contribution in [-0.4, -0.2) is 53.2 Å². The van der Waals surface area contributed by atoms with Crippen LogP contribution in [0.15, 0.2) is 42.5 Å². The van der Waals surface area contributed by atoms with Gasteiger partial charge in [0.1, 0.15) is 0 Å². The van der Waals surface area contributed by atoms with Crippen molar-refractivity contribution in [3.63, 3.8) is 0 Å². The summed E-state index contributed by atoms with van der Waals surface area (Å²) in [7, 11) is 0. The molecule has 2 aliphatic rings. The molecule has 0 spiro atoms. The van der Waals surface area contributed by atoms with Crippen LogP contribution in [0.2, 0.25) is 0 Å². The third-order valence-corrected chi connectivity index (χ3v) is 5.18. The minimum Gasteiger partial charge on any atom is -0.355 e. The highest BCUT2D eigenvalue weighted by molar-refractivity contribution is 5.92. The van der Waals surface area contributed by atoms with Crippen molar-refractivity contribution in [2.24, 2.45) is 5.73 Å². The van der Waals surface area contributed by atoms with Crippen LogP contribution < -0.4 is 10.6 Å². The number of anilines is 1. The second-order valence-corrected chi connectivity index (χ2v) is 6.86. The molecule has 0 saturated carbocycles. The fourth-order valence-electron chi connectivity index (χ4n) is 3.76. The van der Waals surface area contributed by atoms with E-state index < -0.39 is 0 Å². The first-order valence-electron chi connectivity index (χ1n) is 8.91. The predicted molar refractivity (Wildman–Crippen MR) is 96.5 cm³/mol. The highest BCUT2D eigenvalue weighted by Gasteiger charge is 2.34. The minimum absolute atomic E-state index is 0.0526. The van der Waals surface area contributed by atoms with Gasteiger partial charge >= 0.3 is 0 Å². The minimum atomic E-state index is -0.0886. The number of likely N-dealkylation sites (tertiary alicyclic amines) is 1. The first-order chi connectivity index (χ1) is 12.2. The third-order valence-electron chi connectivity index (χ3n) is 5.18. The van der Waals surface area contributed by atoms with Crippen molar-refractivity contribution < 1.29 is 4.79 Å². The van der Waals surface area contributed by atoms with E-state index in [2.05, 4.69) is 27.2 Å². The summed E-state index contributed by atoms with van der Waals surface area (Å²) in [5.41, 5.74) is 7.86. The van der Waals surface area contributed by atoms with E-state index in [1.807, 2.05) is 24.3 Å². The maximum Gasteiger partial charge on any atom is 0.274 e. The van der Waals surface area contributed by atoms with E-state index in [1.165, 1.54) is 18.4 Å². The molecule has 2 saturated heterocycles.